The summed E-state index contributed by atoms with van der Waals surface area (Å²) in [5, 5.41) is 0. The van der Waals surface area contributed by atoms with Crippen molar-refractivity contribution < 1.29 is 9.21 Å². The zero-order chi connectivity index (χ0) is 10.6. The van der Waals surface area contributed by atoms with Gasteiger partial charge in [-0.2, -0.15) is 0 Å². The van der Waals surface area contributed by atoms with Crippen molar-refractivity contribution >= 4 is 18.2 Å². The number of nitrogens with zero attached hydrogens (tertiary/aromatic N) is 1. The first-order valence-electron chi connectivity index (χ1n) is 4.87. The van der Waals surface area contributed by atoms with E-state index < -0.39 is 0 Å². The molecule has 0 saturated carbocycles. The van der Waals surface area contributed by atoms with Crippen molar-refractivity contribution in [2.24, 2.45) is 5.92 Å². The van der Waals surface area contributed by atoms with E-state index in [1.54, 1.807) is 12.1 Å². The highest BCUT2D eigenvalue weighted by Crippen LogP contribution is 2.13. The summed E-state index contributed by atoms with van der Waals surface area (Å²) >= 11 is 0. The molecule has 0 aromatic carbocycles. The van der Waals surface area contributed by atoms with Gasteiger partial charge in [0.1, 0.15) is 0 Å². The Morgan fingerprint density at radius 3 is 2.60 bits per heavy atom. The molecule has 4 heteroatoms. The quantitative estimate of drug-likeness (QED) is 0.730. The number of carbonyl (C=O) groups is 1. The first-order valence-corrected chi connectivity index (χ1v) is 4.87. The molecular weight excluding hydrogens is 214 g/mol. The SMILES string of the molecule is CCC(CN(C)C)C(=O)c1ccco1.Cl. The maximum Gasteiger partial charge on any atom is 0.202 e. The fourth-order valence-corrected chi connectivity index (χ4v) is 1.46. The minimum atomic E-state index is 0. The van der Waals surface area contributed by atoms with Gasteiger partial charge in [-0.3, -0.25) is 4.79 Å². The van der Waals surface area contributed by atoms with Gasteiger partial charge in [-0.25, -0.2) is 0 Å². The summed E-state index contributed by atoms with van der Waals surface area (Å²) in [5.41, 5.74) is 0. The molecule has 0 amide bonds. The highest BCUT2D eigenvalue weighted by Gasteiger charge is 2.20. The molecule has 0 spiro atoms. The summed E-state index contributed by atoms with van der Waals surface area (Å²) in [6, 6.07) is 3.47. The number of rotatable bonds is 5. The number of hydrogen-bond acceptors (Lipinski definition) is 3. The molecule has 0 saturated heterocycles. The Bertz CT molecular complexity index is 283. The summed E-state index contributed by atoms with van der Waals surface area (Å²) < 4.78 is 5.09. The van der Waals surface area contributed by atoms with Crippen molar-refractivity contribution in [2.45, 2.75) is 13.3 Å². The minimum Gasteiger partial charge on any atom is -0.461 e. The minimum absolute atomic E-state index is 0. The lowest BCUT2D eigenvalue weighted by Crippen LogP contribution is -2.27. The summed E-state index contributed by atoms with van der Waals surface area (Å²) in [6.45, 7) is 2.80. The van der Waals surface area contributed by atoms with Crippen LogP contribution in [0, 0.1) is 5.92 Å². The maximum absolute atomic E-state index is 11.9. The molecule has 0 radical (unpaired) electrons. The summed E-state index contributed by atoms with van der Waals surface area (Å²) in [6.07, 6.45) is 2.38. The van der Waals surface area contributed by atoms with Crippen LogP contribution in [0.1, 0.15) is 23.9 Å². The molecule has 1 aromatic rings. The van der Waals surface area contributed by atoms with Gasteiger partial charge in [0.25, 0.3) is 0 Å². The highest BCUT2D eigenvalue weighted by atomic mass is 35.5. The van der Waals surface area contributed by atoms with Gasteiger partial charge in [0, 0.05) is 12.5 Å². The number of halogens is 1. The monoisotopic (exact) mass is 231 g/mol. The zero-order valence-corrected chi connectivity index (χ0v) is 10.2. The number of furan rings is 1. The predicted octanol–water partition coefficient (Wildman–Crippen LogP) is 2.47. The Kier molecular flexibility index (Phi) is 6.29. The summed E-state index contributed by atoms with van der Waals surface area (Å²) in [4.78, 5) is 13.9. The van der Waals surface area contributed by atoms with E-state index >= 15 is 0 Å². The largest absolute Gasteiger partial charge is 0.461 e. The van der Waals surface area contributed by atoms with Gasteiger partial charge in [0.05, 0.1) is 6.26 Å². The summed E-state index contributed by atoms with van der Waals surface area (Å²) in [7, 11) is 3.94. The van der Waals surface area contributed by atoms with Crippen LogP contribution in [0.2, 0.25) is 0 Å². The molecule has 1 heterocycles. The zero-order valence-electron chi connectivity index (χ0n) is 9.40. The lowest BCUT2D eigenvalue weighted by atomic mass is 9.99. The Labute approximate surface area is 96.9 Å². The van der Waals surface area contributed by atoms with E-state index in [0.717, 1.165) is 13.0 Å². The fraction of sp³-hybridized carbons (Fsp3) is 0.545. The van der Waals surface area contributed by atoms with Crippen LogP contribution in [0.25, 0.3) is 0 Å². The molecule has 0 fully saturated rings. The van der Waals surface area contributed by atoms with Crippen molar-refractivity contribution in [1.29, 1.82) is 0 Å². The van der Waals surface area contributed by atoms with E-state index in [-0.39, 0.29) is 24.1 Å². The van der Waals surface area contributed by atoms with Crippen LogP contribution in [-0.4, -0.2) is 31.3 Å². The van der Waals surface area contributed by atoms with E-state index in [1.165, 1.54) is 6.26 Å². The molecule has 1 rings (SSSR count). The van der Waals surface area contributed by atoms with Crippen LogP contribution < -0.4 is 0 Å². The van der Waals surface area contributed by atoms with Crippen molar-refractivity contribution in [3.63, 3.8) is 0 Å². The van der Waals surface area contributed by atoms with E-state index in [0.29, 0.717) is 5.76 Å². The van der Waals surface area contributed by atoms with Gasteiger partial charge in [-0.05, 0) is 32.6 Å². The molecule has 0 N–H and O–H groups in total. The van der Waals surface area contributed by atoms with Gasteiger partial charge < -0.3 is 9.32 Å². The maximum atomic E-state index is 11.9. The van der Waals surface area contributed by atoms with Crippen LogP contribution in [0.3, 0.4) is 0 Å². The normalized spacial score (nSPS) is 12.3. The molecular formula is C11H18ClNO2. The number of hydrogen-bond donors (Lipinski definition) is 0. The van der Waals surface area contributed by atoms with Gasteiger partial charge in [-0.1, -0.05) is 6.92 Å². The fourth-order valence-electron chi connectivity index (χ4n) is 1.46. The average molecular weight is 232 g/mol. The van der Waals surface area contributed by atoms with Crippen molar-refractivity contribution in [2.75, 3.05) is 20.6 Å². The second-order valence-corrected chi connectivity index (χ2v) is 3.71. The van der Waals surface area contributed by atoms with E-state index in [2.05, 4.69) is 0 Å². The molecule has 86 valence electrons. The van der Waals surface area contributed by atoms with Gasteiger partial charge >= 0.3 is 0 Å². The first kappa shape index (κ1) is 14.2. The smallest absolute Gasteiger partial charge is 0.202 e. The van der Waals surface area contributed by atoms with Crippen LogP contribution in [-0.2, 0) is 0 Å². The van der Waals surface area contributed by atoms with Crippen LogP contribution in [0.4, 0.5) is 0 Å². The second-order valence-electron chi connectivity index (χ2n) is 3.71. The predicted molar refractivity (Wildman–Crippen MR) is 62.6 cm³/mol. The Morgan fingerprint density at radius 1 is 1.53 bits per heavy atom. The van der Waals surface area contributed by atoms with Crippen molar-refractivity contribution in [3.05, 3.63) is 24.2 Å². The molecule has 1 unspecified atom stereocenters. The summed E-state index contributed by atoms with van der Waals surface area (Å²) in [5.74, 6) is 0.612. The molecule has 1 aromatic heterocycles. The standard InChI is InChI=1S/C11H17NO2.ClH/c1-4-9(8-12(2)3)11(13)10-6-5-7-14-10;/h5-7,9H,4,8H2,1-3H3;1H. The lowest BCUT2D eigenvalue weighted by Gasteiger charge is -2.17. The third-order valence-corrected chi connectivity index (χ3v) is 2.21. The molecule has 3 nitrogen and oxygen atoms in total. The van der Waals surface area contributed by atoms with Gasteiger partial charge in [0.2, 0.25) is 5.78 Å². The third-order valence-electron chi connectivity index (χ3n) is 2.21. The van der Waals surface area contributed by atoms with Crippen molar-refractivity contribution in [3.8, 4) is 0 Å². The number of ketones is 1. The van der Waals surface area contributed by atoms with Crippen LogP contribution in [0.5, 0.6) is 0 Å². The molecule has 0 aliphatic rings. The van der Waals surface area contributed by atoms with Crippen molar-refractivity contribution in [1.82, 2.24) is 4.90 Å². The third kappa shape index (κ3) is 4.06. The second kappa shape index (κ2) is 6.64. The van der Waals surface area contributed by atoms with E-state index in [4.69, 9.17) is 4.42 Å². The van der Waals surface area contributed by atoms with Crippen LogP contribution in [0.15, 0.2) is 22.8 Å². The molecule has 1 atom stereocenters. The van der Waals surface area contributed by atoms with Crippen LogP contribution >= 0.6 is 12.4 Å². The Balaban J connectivity index is 0.00000196. The molecule has 0 aliphatic carbocycles. The number of carbonyl (C=O) groups excluding carboxylic acids is 1. The first-order chi connectivity index (χ1) is 6.65. The van der Waals surface area contributed by atoms with Gasteiger partial charge in [0.15, 0.2) is 5.76 Å². The topological polar surface area (TPSA) is 33.5 Å². The Morgan fingerprint density at radius 2 is 2.20 bits per heavy atom. The lowest BCUT2D eigenvalue weighted by molar-refractivity contribution is 0.0865. The highest BCUT2D eigenvalue weighted by molar-refractivity contribution is 5.95. The Hall–Kier alpha value is -0.800. The molecule has 15 heavy (non-hydrogen) atoms. The molecule has 0 aliphatic heterocycles. The van der Waals surface area contributed by atoms with E-state index in [9.17, 15) is 4.79 Å². The molecule has 0 bridgehead atoms. The number of Topliss-reactive ketones (excluding diaryl/α,β-unsaturated/α-hetero) is 1. The average Bonchev–Trinajstić information content (AvgIpc) is 2.65. The van der Waals surface area contributed by atoms with Gasteiger partial charge in [-0.15, -0.1) is 12.4 Å². The van der Waals surface area contributed by atoms with E-state index in [1.807, 2.05) is 25.9 Å².